The topological polar surface area (TPSA) is 110 Å². The number of ether oxygens (including phenoxy) is 2. The standard InChI is InChI=1S/C14H13N3O5/c1-21-12(18)10-7-15-13(19)16-11(10)17-14(20)22-8-9-5-3-2-4-6-9/h2-7H,8H2,1H3,(H2,15,16,17,19,20). The summed E-state index contributed by atoms with van der Waals surface area (Å²) in [5, 5.41) is 2.28. The quantitative estimate of drug-likeness (QED) is 0.824. The van der Waals surface area contributed by atoms with Crippen LogP contribution in [-0.4, -0.2) is 29.1 Å². The third-order valence-electron chi connectivity index (χ3n) is 2.66. The van der Waals surface area contributed by atoms with Gasteiger partial charge in [0.2, 0.25) is 0 Å². The summed E-state index contributed by atoms with van der Waals surface area (Å²) < 4.78 is 9.53. The Kier molecular flexibility index (Phi) is 4.86. The number of hydrogen-bond donors (Lipinski definition) is 2. The second-order valence-corrected chi connectivity index (χ2v) is 4.16. The molecule has 0 spiro atoms. The summed E-state index contributed by atoms with van der Waals surface area (Å²) in [6.45, 7) is 0.0511. The van der Waals surface area contributed by atoms with E-state index in [1.807, 2.05) is 18.2 Å². The van der Waals surface area contributed by atoms with Gasteiger partial charge in [-0.1, -0.05) is 30.3 Å². The summed E-state index contributed by atoms with van der Waals surface area (Å²) in [7, 11) is 1.17. The van der Waals surface area contributed by atoms with Crippen LogP contribution >= 0.6 is 0 Å². The number of nitrogens with zero attached hydrogens (tertiary/aromatic N) is 1. The third-order valence-corrected chi connectivity index (χ3v) is 2.66. The average Bonchev–Trinajstić information content (AvgIpc) is 2.53. The van der Waals surface area contributed by atoms with Gasteiger partial charge >= 0.3 is 17.8 Å². The number of H-pyrrole nitrogens is 1. The molecule has 0 saturated carbocycles. The fraction of sp³-hybridized carbons (Fsp3) is 0.143. The molecule has 0 radical (unpaired) electrons. The summed E-state index contributed by atoms with van der Waals surface area (Å²) in [5.41, 5.74) is -0.00108. The van der Waals surface area contributed by atoms with Crippen molar-refractivity contribution in [2.24, 2.45) is 0 Å². The Morgan fingerprint density at radius 3 is 2.68 bits per heavy atom. The van der Waals surface area contributed by atoms with Gasteiger partial charge in [-0.3, -0.25) is 10.3 Å². The van der Waals surface area contributed by atoms with Crippen LogP contribution < -0.4 is 11.0 Å². The zero-order valence-corrected chi connectivity index (χ0v) is 11.7. The second-order valence-electron chi connectivity index (χ2n) is 4.16. The normalized spacial score (nSPS) is 9.86. The number of aromatic amines is 1. The van der Waals surface area contributed by atoms with Crippen LogP contribution in [0.1, 0.15) is 15.9 Å². The van der Waals surface area contributed by atoms with Crippen molar-refractivity contribution >= 4 is 17.9 Å². The molecule has 2 N–H and O–H groups in total. The van der Waals surface area contributed by atoms with Crippen LogP contribution in [0, 0.1) is 0 Å². The van der Waals surface area contributed by atoms with Crippen LogP contribution in [0.3, 0.4) is 0 Å². The molecule has 0 fully saturated rings. The summed E-state index contributed by atoms with van der Waals surface area (Å²) >= 11 is 0. The minimum Gasteiger partial charge on any atom is -0.465 e. The van der Waals surface area contributed by atoms with Crippen LogP contribution in [0.2, 0.25) is 0 Å². The Morgan fingerprint density at radius 2 is 2.00 bits per heavy atom. The Hall–Kier alpha value is -3.16. The SMILES string of the molecule is COC(=O)c1cnc(=O)[nH]c1NC(=O)OCc1ccccc1. The number of nitrogens with one attached hydrogen (secondary N) is 2. The first-order valence-electron chi connectivity index (χ1n) is 6.25. The lowest BCUT2D eigenvalue weighted by Gasteiger charge is -2.09. The second kappa shape index (κ2) is 7.02. The summed E-state index contributed by atoms with van der Waals surface area (Å²) in [4.78, 5) is 40.1. The van der Waals surface area contributed by atoms with E-state index in [0.29, 0.717) is 0 Å². The van der Waals surface area contributed by atoms with Gasteiger partial charge in [0.05, 0.1) is 13.3 Å². The van der Waals surface area contributed by atoms with Gasteiger partial charge in [0.25, 0.3) is 0 Å². The molecule has 0 unspecified atom stereocenters. The van der Waals surface area contributed by atoms with Gasteiger partial charge in [-0.2, -0.15) is 0 Å². The Bertz CT molecular complexity index is 727. The summed E-state index contributed by atoms with van der Waals surface area (Å²) in [5.74, 6) is -0.882. The van der Waals surface area contributed by atoms with Crippen molar-refractivity contribution in [2.75, 3.05) is 12.4 Å². The Morgan fingerprint density at radius 1 is 1.27 bits per heavy atom. The molecular weight excluding hydrogens is 290 g/mol. The van der Waals surface area contributed by atoms with Gasteiger partial charge in [0.1, 0.15) is 18.0 Å². The van der Waals surface area contributed by atoms with E-state index in [1.165, 1.54) is 7.11 Å². The van der Waals surface area contributed by atoms with E-state index >= 15 is 0 Å². The first-order valence-corrected chi connectivity index (χ1v) is 6.25. The monoisotopic (exact) mass is 303 g/mol. The molecular formula is C14H13N3O5. The van der Waals surface area contributed by atoms with Gasteiger partial charge in [-0.15, -0.1) is 0 Å². The number of benzene rings is 1. The van der Waals surface area contributed by atoms with Crippen LogP contribution in [-0.2, 0) is 16.1 Å². The lowest BCUT2D eigenvalue weighted by molar-refractivity contribution is 0.0601. The van der Waals surface area contributed by atoms with Gasteiger partial charge in [0, 0.05) is 0 Å². The minimum atomic E-state index is -0.823. The van der Waals surface area contributed by atoms with Gasteiger partial charge < -0.3 is 9.47 Å². The Labute approximate surface area is 125 Å². The van der Waals surface area contributed by atoms with Crippen LogP contribution in [0.25, 0.3) is 0 Å². The summed E-state index contributed by atoms with van der Waals surface area (Å²) in [6, 6.07) is 9.05. The number of hydrogen-bond acceptors (Lipinski definition) is 6. The number of amides is 1. The number of methoxy groups -OCH3 is 1. The van der Waals surface area contributed by atoms with Crippen LogP contribution in [0.15, 0.2) is 41.3 Å². The fourth-order valence-corrected chi connectivity index (χ4v) is 1.62. The van der Waals surface area contributed by atoms with Crippen molar-refractivity contribution in [3.8, 4) is 0 Å². The smallest absolute Gasteiger partial charge is 0.413 e. The average molecular weight is 303 g/mol. The van der Waals surface area contributed by atoms with Crippen molar-refractivity contribution in [1.29, 1.82) is 0 Å². The first-order chi connectivity index (χ1) is 10.6. The van der Waals surface area contributed by atoms with E-state index in [2.05, 4.69) is 20.0 Å². The molecule has 114 valence electrons. The molecule has 0 aliphatic heterocycles. The van der Waals surface area contributed by atoms with Crippen LogP contribution in [0.5, 0.6) is 0 Å². The molecule has 2 aromatic rings. The first kappa shape index (κ1) is 15.2. The minimum absolute atomic E-state index is 0.0511. The summed E-state index contributed by atoms with van der Waals surface area (Å²) in [6.07, 6.45) is 0.188. The van der Waals surface area contributed by atoms with Crippen molar-refractivity contribution in [1.82, 2.24) is 9.97 Å². The number of carbonyl (C=O) groups is 2. The van der Waals surface area contributed by atoms with E-state index in [-0.39, 0.29) is 18.0 Å². The number of anilines is 1. The molecule has 1 amide bonds. The highest BCUT2D eigenvalue weighted by Crippen LogP contribution is 2.11. The molecule has 1 aromatic carbocycles. The number of rotatable bonds is 4. The van der Waals surface area contributed by atoms with Gasteiger partial charge in [-0.25, -0.2) is 19.4 Å². The van der Waals surface area contributed by atoms with Crippen molar-refractivity contribution in [3.63, 3.8) is 0 Å². The molecule has 0 atom stereocenters. The molecule has 8 nitrogen and oxygen atoms in total. The lowest BCUT2D eigenvalue weighted by atomic mass is 10.2. The highest BCUT2D eigenvalue weighted by atomic mass is 16.5. The molecule has 2 rings (SSSR count). The van der Waals surface area contributed by atoms with Crippen molar-refractivity contribution in [2.45, 2.75) is 6.61 Å². The molecule has 22 heavy (non-hydrogen) atoms. The van der Waals surface area contributed by atoms with E-state index in [4.69, 9.17) is 4.74 Å². The molecule has 8 heteroatoms. The molecule has 1 aromatic heterocycles. The van der Waals surface area contributed by atoms with Gasteiger partial charge in [0.15, 0.2) is 0 Å². The van der Waals surface area contributed by atoms with Gasteiger partial charge in [-0.05, 0) is 5.56 Å². The van der Waals surface area contributed by atoms with E-state index in [1.54, 1.807) is 12.1 Å². The van der Waals surface area contributed by atoms with E-state index in [0.717, 1.165) is 11.8 Å². The highest BCUT2D eigenvalue weighted by molar-refractivity contribution is 5.97. The van der Waals surface area contributed by atoms with E-state index in [9.17, 15) is 14.4 Å². The zero-order chi connectivity index (χ0) is 15.9. The maximum Gasteiger partial charge on any atom is 0.413 e. The van der Waals surface area contributed by atoms with Crippen molar-refractivity contribution in [3.05, 3.63) is 58.1 Å². The predicted molar refractivity (Wildman–Crippen MR) is 76.4 cm³/mol. The zero-order valence-electron chi connectivity index (χ0n) is 11.7. The molecule has 0 aliphatic carbocycles. The Balaban J connectivity index is 2.06. The lowest BCUT2D eigenvalue weighted by Crippen LogP contribution is -2.22. The molecule has 1 heterocycles. The molecule has 0 saturated heterocycles. The molecule has 0 bridgehead atoms. The maximum absolute atomic E-state index is 11.7. The molecule has 0 aliphatic rings. The van der Waals surface area contributed by atoms with Crippen molar-refractivity contribution < 1.29 is 19.1 Å². The number of esters is 1. The highest BCUT2D eigenvalue weighted by Gasteiger charge is 2.16. The number of carbonyl (C=O) groups excluding carboxylic acids is 2. The van der Waals surface area contributed by atoms with Crippen LogP contribution in [0.4, 0.5) is 10.6 Å². The van der Waals surface area contributed by atoms with E-state index < -0.39 is 17.8 Å². The maximum atomic E-state index is 11.7. The fourth-order valence-electron chi connectivity index (χ4n) is 1.62. The largest absolute Gasteiger partial charge is 0.465 e. The number of aromatic nitrogens is 2. The third kappa shape index (κ3) is 3.92. The predicted octanol–water partition coefficient (Wildman–Crippen LogP) is 1.31.